The average molecular weight is 139 g/mol. The second kappa shape index (κ2) is 1.35. The zero-order valence-corrected chi connectivity index (χ0v) is 4.65. The molecule has 0 aromatic rings. The number of rotatable bonds is 1. The van der Waals surface area contributed by atoms with Crippen LogP contribution in [0, 0.1) is 5.92 Å². The SMILES string of the molecule is O=C(O)[C@H]1C[C@]1(F)Cl. The van der Waals surface area contributed by atoms with E-state index in [1.54, 1.807) is 0 Å². The van der Waals surface area contributed by atoms with E-state index in [4.69, 9.17) is 16.7 Å². The Kier molecular flexibility index (Phi) is 0.979. The predicted molar refractivity (Wildman–Crippen MR) is 25.4 cm³/mol. The van der Waals surface area contributed by atoms with Crippen molar-refractivity contribution in [2.45, 2.75) is 11.5 Å². The highest BCUT2D eigenvalue weighted by molar-refractivity contribution is 6.26. The first-order valence-electron chi connectivity index (χ1n) is 2.14. The van der Waals surface area contributed by atoms with Crippen molar-refractivity contribution in [3.8, 4) is 0 Å². The fourth-order valence-corrected chi connectivity index (χ4v) is 0.729. The van der Waals surface area contributed by atoms with Gasteiger partial charge in [0.2, 0.25) is 0 Å². The zero-order valence-electron chi connectivity index (χ0n) is 3.90. The molecule has 1 saturated carbocycles. The molecule has 0 aliphatic heterocycles. The van der Waals surface area contributed by atoms with Crippen LogP contribution in [0.3, 0.4) is 0 Å². The van der Waals surface area contributed by atoms with Crippen molar-refractivity contribution in [2.24, 2.45) is 5.92 Å². The smallest absolute Gasteiger partial charge is 0.311 e. The summed E-state index contributed by atoms with van der Waals surface area (Å²) < 4.78 is 12.1. The molecule has 1 aliphatic rings. The molecule has 2 nitrogen and oxygen atoms in total. The molecule has 1 aliphatic carbocycles. The Hall–Kier alpha value is -0.310. The first-order chi connectivity index (χ1) is 3.54. The molecule has 0 saturated heterocycles. The molecular formula is C4H4ClFO2. The van der Waals surface area contributed by atoms with E-state index in [9.17, 15) is 9.18 Å². The average Bonchev–Trinajstić information content (AvgIpc) is 2.13. The third-order valence-electron chi connectivity index (χ3n) is 1.12. The van der Waals surface area contributed by atoms with Crippen LogP contribution in [0.2, 0.25) is 0 Å². The van der Waals surface area contributed by atoms with Gasteiger partial charge in [0.1, 0.15) is 5.92 Å². The van der Waals surface area contributed by atoms with Gasteiger partial charge in [-0.2, -0.15) is 0 Å². The molecular weight excluding hydrogens is 134 g/mol. The van der Waals surface area contributed by atoms with E-state index in [0.717, 1.165) is 0 Å². The number of hydrogen-bond donors (Lipinski definition) is 1. The van der Waals surface area contributed by atoms with Crippen LogP contribution in [0.4, 0.5) is 4.39 Å². The van der Waals surface area contributed by atoms with Gasteiger partial charge in [0.25, 0.3) is 0 Å². The molecule has 1 rings (SSSR count). The first kappa shape index (κ1) is 5.82. The van der Waals surface area contributed by atoms with Gasteiger partial charge in [0.15, 0.2) is 5.13 Å². The minimum absolute atomic E-state index is 0.0517. The van der Waals surface area contributed by atoms with Crippen molar-refractivity contribution in [1.29, 1.82) is 0 Å². The Morgan fingerprint density at radius 2 is 2.38 bits per heavy atom. The number of aliphatic carboxylic acids is 1. The third-order valence-corrected chi connectivity index (χ3v) is 1.54. The Morgan fingerprint density at radius 3 is 2.38 bits per heavy atom. The van der Waals surface area contributed by atoms with Crippen molar-refractivity contribution in [2.75, 3.05) is 0 Å². The molecule has 4 heteroatoms. The molecule has 0 bridgehead atoms. The molecule has 0 radical (unpaired) electrons. The normalized spacial score (nSPS) is 44.0. The molecule has 0 aromatic carbocycles. The molecule has 0 amide bonds. The molecule has 0 heterocycles. The maximum atomic E-state index is 12.1. The first-order valence-corrected chi connectivity index (χ1v) is 2.52. The largest absolute Gasteiger partial charge is 0.481 e. The molecule has 46 valence electrons. The maximum Gasteiger partial charge on any atom is 0.311 e. The topological polar surface area (TPSA) is 37.3 Å². The number of carboxylic acids is 1. The predicted octanol–water partition coefficient (Wildman–Crippen LogP) is 0.996. The van der Waals surface area contributed by atoms with Crippen LogP contribution in [0.5, 0.6) is 0 Å². The highest BCUT2D eigenvalue weighted by Crippen LogP contribution is 2.50. The van der Waals surface area contributed by atoms with E-state index in [-0.39, 0.29) is 6.42 Å². The quantitative estimate of drug-likeness (QED) is 0.549. The summed E-state index contributed by atoms with van der Waals surface area (Å²) in [6.45, 7) is 0. The minimum atomic E-state index is -1.94. The van der Waals surface area contributed by atoms with E-state index in [0.29, 0.717) is 0 Å². The van der Waals surface area contributed by atoms with Gasteiger partial charge in [-0.05, 0) is 0 Å². The summed E-state index contributed by atoms with van der Waals surface area (Å²) in [5.41, 5.74) is 0. The van der Waals surface area contributed by atoms with E-state index in [1.807, 2.05) is 0 Å². The summed E-state index contributed by atoms with van der Waals surface area (Å²) in [7, 11) is 0. The van der Waals surface area contributed by atoms with Crippen LogP contribution in [0.25, 0.3) is 0 Å². The second-order valence-electron chi connectivity index (χ2n) is 1.86. The summed E-state index contributed by atoms with van der Waals surface area (Å²) in [6, 6.07) is 0. The van der Waals surface area contributed by atoms with Gasteiger partial charge in [-0.1, -0.05) is 11.6 Å². The lowest BCUT2D eigenvalue weighted by Gasteiger charge is -1.87. The van der Waals surface area contributed by atoms with Gasteiger partial charge in [-0.25, -0.2) is 4.39 Å². The molecule has 0 unspecified atom stereocenters. The number of halogens is 2. The number of carboxylic acid groups (broad SMARTS) is 1. The Balaban J connectivity index is 2.48. The van der Waals surface area contributed by atoms with Gasteiger partial charge in [-0.15, -0.1) is 0 Å². The van der Waals surface area contributed by atoms with Crippen molar-refractivity contribution in [3.05, 3.63) is 0 Å². The molecule has 0 aromatic heterocycles. The van der Waals surface area contributed by atoms with Crippen LogP contribution in [0.15, 0.2) is 0 Å². The van der Waals surface area contributed by atoms with Crippen LogP contribution < -0.4 is 0 Å². The fraction of sp³-hybridized carbons (Fsp3) is 0.750. The van der Waals surface area contributed by atoms with Crippen molar-refractivity contribution in [1.82, 2.24) is 0 Å². The van der Waals surface area contributed by atoms with Crippen molar-refractivity contribution < 1.29 is 14.3 Å². The van der Waals surface area contributed by atoms with Crippen molar-refractivity contribution >= 4 is 17.6 Å². The Bertz CT molecular complexity index is 134. The van der Waals surface area contributed by atoms with Crippen LogP contribution >= 0.6 is 11.6 Å². The Labute approximate surface area is 50.3 Å². The minimum Gasteiger partial charge on any atom is -0.481 e. The van der Waals surface area contributed by atoms with Crippen molar-refractivity contribution in [3.63, 3.8) is 0 Å². The van der Waals surface area contributed by atoms with Gasteiger partial charge < -0.3 is 5.11 Å². The summed E-state index contributed by atoms with van der Waals surface area (Å²) >= 11 is 4.95. The lowest BCUT2D eigenvalue weighted by atomic mass is 10.4. The van der Waals surface area contributed by atoms with Gasteiger partial charge in [-0.3, -0.25) is 4.79 Å². The second-order valence-corrected chi connectivity index (χ2v) is 2.48. The van der Waals surface area contributed by atoms with E-state index in [1.165, 1.54) is 0 Å². The summed E-state index contributed by atoms with van der Waals surface area (Å²) in [5, 5.41) is 6.13. The van der Waals surface area contributed by atoms with Gasteiger partial charge in [0, 0.05) is 6.42 Å². The standard InChI is InChI=1S/C4H4ClFO2/c5-4(6)1-2(4)3(7)8/h2H,1H2,(H,7,8)/t2-,4-/m1/s1. The summed E-state index contributed by atoms with van der Waals surface area (Å²) in [6.07, 6.45) is -0.0517. The third kappa shape index (κ3) is 0.777. The van der Waals surface area contributed by atoms with Crippen LogP contribution in [0.1, 0.15) is 6.42 Å². The number of carbonyl (C=O) groups is 1. The number of alkyl halides is 2. The number of hydrogen-bond acceptors (Lipinski definition) is 1. The Morgan fingerprint density at radius 1 is 2.00 bits per heavy atom. The van der Waals surface area contributed by atoms with E-state index >= 15 is 0 Å². The molecule has 8 heavy (non-hydrogen) atoms. The zero-order chi connectivity index (χ0) is 6.36. The van der Waals surface area contributed by atoms with Gasteiger partial charge >= 0.3 is 5.97 Å². The molecule has 0 spiro atoms. The molecule has 1 fully saturated rings. The van der Waals surface area contributed by atoms with E-state index < -0.39 is 17.0 Å². The molecule has 1 N–H and O–H groups in total. The van der Waals surface area contributed by atoms with E-state index in [2.05, 4.69) is 0 Å². The summed E-state index contributed by atoms with van der Waals surface area (Å²) in [5.74, 6) is -2.12. The fourth-order valence-electron chi connectivity index (χ4n) is 0.481. The highest BCUT2D eigenvalue weighted by Gasteiger charge is 2.59. The highest BCUT2D eigenvalue weighted by atomic mass is 35.5. The summed E-state index contributed by atoms with van der Waals surface area (Å²) in [4.78, 5) is 9.85. The monoisotopic (exact) mass is 138 g/mol. The van der Waals surface area contributed by atoms with Crippen LogP contribution in [-0.4, -0.2) is 16.2 Å². The van der Waals surface area contributed by atoms with Crippen LogP contribution in [-0.2, 0) is 4.79 Å². The van der Waals surface area contributed by atoms with Gasteiger partial charge in [0.05, 0.1) is 0 Å². The maximum absolute atomic E-state index is 12.1. The lowest BCUT2D eigenvalue weighted by molar-refractivity contribution is -0.139. The molecule has 2 atom stereocenters. The lowest BCUT2D eigenvalue weighted by Crippen LogP contribution is -2.03.